The van der Waals surface area contributed by atoms with Crippen LogP contribution in [-0.4, -0.2) is 63.4 Å². The van der Waals surface area contributed by atoms with Crippen LogP contribution in [0.4, 0.5) is 10.6 Å². The number of carbonyl (C=O) groups is 1. The Labute approximate surface area is 188 Å². The fraction of sp³-hybridized carbons (Fsp3) is 0.500. The van der Waals surface area contributed by atoms with E-state index in [1.54, 1.807) is 0 Å². The second-order valence-corrected chi connectivity index (χ2v) is 8.87. The van der Waals surface area contributed by atoms with Gasteiger partial charge >= 0.3 is 6.03 Å². The molecular formula is C24H31N7O. The standard InChI is InChI=1S/C24H31N7O/c1-4-25-24(32)30-13-5-12-29(14-15-30)22-20-17(3)28-31(19-10-6-16(2)7-11-19)23(20)27-21(26-22)18-8-9-18/h6-7,10-11,18H,4-5,8-9,12-15H2,1-3H3,(H,25,32). The molecule has 168 valence electrons. The Morgan fingerprint density at radius 3 is 2.56 bits per heavy atom. The van der Waals surface area contributed by atoms with Gasteiger partial charge in [0.15, 0.2) is 5.65 Å². The van der Waals surface area contributed by atoms with Gasteiger partial charge in [-0.1, -0.05) is 17.7 Å². The molecule has 2 aromatic heterocycles. The molecule has 0 spiro atoms. The Hall–Kier alpha value is -3.16. The molecule has 0 bridgehead atoms. The van der Waals surface area contributed by atoms with E-state index in [9.17, 15) is 4.79 Å². The average molecular weight is 434 g/mol. The smallest absolute Gasteiger partial charge is 0.317 e. The predicted molar refractivity (Wildman–Crippen MR) is 126 cm³/mol. The van der Waals surface area contributed by atoms with E-state index in [1.165, 1.54) is 5.56 Å². The number of hydrogen-bond acceptors (Lipinski definition) is 5. The molecule has 1 aliphatic heterocycles. The first-order valence-corrected chi connectivity index (χ1v) is 11.7. The van der Waals surface area contributed by atoms with Crippen molar-refractivity contribution in [1.82, 2.24) is 30.0 Å². The second-order valence-electron chi connectivity index (χ2n) is 8.87. The van der Waals surface area contributed by atoms with E-state index in [4.69, 9.17) is 15.1 Å². The molecule has 1 saturated heterocycles. The van der Waals surface area contributed by atoms with Crippen LogP contribution in [0.1, 0.15) is 49.2 Å². The van der Waals surface area contributed by atoms with Gasteiger partial charge in [-0.05, 0) is 52.2 Å². The lowest BCUT2D eigenvalue weighted by Crippen LogP contribution is -2.42. The van der Waals surface area contributed by atoms with E-state index in [0.29, 0.717) is 19.0 Å². The fourth-order valence-corrected chi connectivity index (χ4v) is 4.39. The molecule has 0 radical (unpaired) electrons. The zero-order valence-corrected chi connectivity index (χ0v) is 19.1. The maximum absolute atomic E-state index is 12.4. The maximum atomic E-state index is 12.4. The Bertz CT molecular complexity index is 1130. The van der Waals surface area contributed by atoms with Crippen LogP contribution in [0.2, 0.25) is 0 Å². The highest BCUT2D eigenvalue weighted by Crippen LogP contribution is 2.40. The molecule has 1 saturated carbocycles. The number of rotatable bonds is 4. The third-order valence-electron chi connectivity index (χ3n) is 6.33. The fourth-order valence-electron chi connectivity index (χ4n) is 4.39. The Morgan fingerprint density at radius 2 is 1.84 bits per heavy atom. The summed E-state index contributed by atoms with van der Waals surface area (Å²) in [5.74, 6) is 2.33. The van der Waals surface area contributed by atoms with Gasteiger partial charge in [0.05, 0.1) is 16.8 Å². The van der Waals surface area contributed by atoms with Crippen LogP contribution in [0.25, 0.3) is 16.7 Å². The summed E-state index contributed by atoms with van der Waals surface area (Å²) in [7, 11) is 0. The van der Waals surface area contributed by atoms with E-state index < -0.39 is 0 Å². The first-order chi connectivity index (χ1) is 15.5. The molecule has 8 heteroatoms. The topological polar surface area (TPSA) is 79.2 Å². The van der Waals surface area contributed by atoms with Crippen LogP contribution in [0.3, 0.4) is 0 Å². The van der Waals surface area contributed by atoms with Crippen molar-refractivity contribution < 1.29 is 4.79 Å². The van der Waals surface area contributed by atoms with Gasteiger partial charge in [-0.15, -0.1) is 0 Å². The minimum Gasteiger partial charge on any atom is -0.354 e. The molecule has 5 rings (SSSR count). The zero-order valence-electron chi connectivity index (χ0n) is 19.1. The normalized spacial score (nSPS) is 17.0. The number of carbonyl (C=O) groups excluding carboxylic acids is 1. The van der Waals surface area contributed by atoms with Crippen LogP contribution < -0.4 is 10.2 Å². The van der Waals surface area contributed by atoms with Crippen molar-refractivity contribution in [2.75, 3.05) is 37.6 Å². The lowest BCUT2D eigenvalue weighted by molar-refractivity contribution is 0.202. The molecule has 2 amide bonds. The van der Waals surface area contributed by atoms with Gasteiger partial charge in [-0.2, -0.15) is 5.10 Å². The molecule has 2 aliphatic rings. The number of anilines is 1. The van der Waals surface area contributed by atoms with Crippen molar-refractivity contribution in [2.24, 2.45) is 0 Å². The third kappa shape index (κ3) is 3.89. The lowest BCUT2D eigenvalue weighted by Gasteiger charge is -2.24. The van der Waals surface area contributed by atoms with Crippen molar-refractivity contribution in [3.8, 4) is 5.69 Å². The molecule has 3 heterocycles. The minimum absolute atomic E-state index is 0.0178. The summed E-state index contributed by atoms with van der Waals surface area (Å²) >= 11 is 0. The van der Waals surface area contributed by atoms with E-state index >= 15 is 0 Å². The highest BCUT2D eigenvalue weighted by atomic mass is 16.2. The van der Waals surface area contributed by atoms with E-state index in [1.807, 2.05) is 23.4 Å². The van der Waals surface area contributed by atoms with E-state index in [2.05, 4.69) is 41.4 Å². The number of aryl methyl sites for hydroxylation is 2. The third-order valence-corrected chi connectivity index (χ3v) is 6.33. The summed E-state index contributed by atoms with van der Waals surface area (Å²) in [6.45, 7) is 9.78. The molecule has 1 N–H and O–H groups in total. The molecule has 1 aliphatic carbocycles. The van der Waals surface area contributed by atoms with Crippen LogP contribution >= 0.6 is 0 Å². The van der Waals surface area contributed by atoms with Gasteiger partial charge in [-0.25, -0.2) is 19.4 Å². The molecule has 3 aromatic rings. The minimum atomic E-state index is 0.0178. The van der Waals surface area contributed by atoms with Crippen LogP contribution in [0.15, 0.2) is 24.3 Å². The van der Waals surface area contributed by atoms with Crippen molar-refractivity contribution in [3.63, 3.8) is 0 Å². The molecule has 0 unspecified atom stereocenters. The number of amides is 2. The number of hydrogen-bond donors (Lipinski definition) is 1. The van der Waals surface area contributed by atoms with Crippen molar-refractivity contribution in [3.05, 3.63) is 41.3 Å². The van der Waals surface area contributed by atoms with Crippen molar-refractivity contribution >= 4 is 22.9 Å². The Morgan fingerprint density at radius 1 is 1.06 bits per heavy atom. The molecule has 1 aromatic carbocycles. The molecular weight excluding hydrogens is 402 g/mol. The summed E-state index contributed by atoms with van der Waals surface area (Å²) in [5, 5.41) is 8.81. The van der Waals surface area contributed by atoms with Gasteiger partial charge in [0, 0.05) is 38.6 Å². The molecule has 0 atom stereocenters. The van der Waals surface area contributed by atoms with Gasteiger partial charge in [0.2, 0.25) is 0 Å². The SMILES string of the molecule is CCNC(=O)N1CCCN(c2nc(C3CC3)nc3c2c(C)nn3-c2ccc(C)cc2)CC1. The van der Waals surface area contributed by atoms with Gasteiger partial charge < -0.3 is 15.1 Å². The van der Waals surface area contributed by atoms with Crippen molar-refractivity contribution in [2.45, 2.75) is 46.0 Å². The second kappa shape index (κ2) is 8.41. The van der Waals surface area contributed by atoms with Crippen LogP contribution in [0, 0.1) is 13.8 Å². The largest absolute Gasteiger partial charge is 0.354 e. The first kappa shape index (κ1) is 20.7. The highest BCUT2D eigenvalue weighted by molar-refractivity contribution is 5.91. The number of benzene rings is 1. The molecule has 2 fully saturated rings. The number of urea groups is 1. The van der Waals surface area contributed by atoms with Crippen LogP contribution in [-0.2, 0) is 0 Å². The number of aromatic nitrogens is 4. The Kier molecular flexibility index (Phi) is 5.45. The molecule has 32 heavy (non-hydrogen) atoms. The van der Waals surface area contributed by atoms with Crippen molar-refractivity contribution in [1.29, 1.82) is 0 Å². The monoisotopic (exact) mass is 433 g/mol. The zero-order chi connectivity index (χ0) is 22.2. The predicted octanol–water partition coefficient (Wildman–Crippen LogP) is 3.55. The van der Waals surface area contributed by atoms with Gasteiger partial charge in [0.25, 0.3) is 0 Å². The number of nitrogens with one attached hydrogen (secondary N) is 1. The lowest BCUT2D eigenvalue weighted by atomic mass is 10.2. The summed E-state index contributed by atoms with van der Waals surface area (Å²) in [6.07, 6.45) is 3.20. The van der Waals surface area contributed by atoms with E-state index in [0.717, 1.165) is 73.0 Å². The van der Waals surface area contributed by atoms with Gasteiger partial charge in [-0.3, -0.25) is 0 Å². The van der Waals surface area contributed by atoms with E-state index in [-0.39, 0.29) is 6.03 Å². The number of fused-ring (bicyclic) bond motifs is 1. The quantitative estimate of drug-likeness (QED) is 0.681. The summed E-state index contributed by atoms with van der Waals surface area (Å²) in [4.78, 5) is 26.6. The molecule has 8 nitrogen and oxygen atoms in total. The maximum Gasteiger partial charge on any atom is 0.317 e. The Balaban J connectivity index is 1.55. The number of nitrogens with zero attached hydrogens (tertiary/aromatic N) is 6. The first-order valence-electron chi connectivity index (χ1n) is 11.7. The van der Waals surface area contributed by atoms with Gasteiger partial charge in [0.1, 0.15) is 11.6 Å². The highest BCUT2D eigenvalue weighted by Gasteiger charge is 2.31. The average Bonchev–Trinajstić information content (AvgIpc) is 3.61. The van der Waals surface area contributed by atoms with Crippen LogP contribution in [0.5, 0.6) is 0 Å². The summed E-state index contributed by atoms with van der Waals surface area (Å²) in [5.41, 5.74) is 4.04. The summed E-state index contributed by atoms with van der Waals surface area (Å²) in [6, 6.07) is 8.41. The summed E-state index contributed by atoms with van der Waals surface area (Å²) < 4.78 is 1.96.